The highest BCUT2D eigenvalue weighted by Gasteiger charge is 2.01. The summed E-state index contributed by atoms with van der Waals surface area (Å²) in [7, 11) is 0. The van der Waals surface area contributed by atoms with Gasteiger partial charge in [-0.3, -0.25) is 5.32 Å². The summed E-state index contributed by atoms with van der Waals surface area (Å²) in [4.78, 5) is 10.4. The Morgan fingerprint density at radius 2 is 2.31 bits per heavy atom. The Morgan fingerprint density at radius 1 is 1.62 bits per heavy atom. The molecule has 0 unspecified atom stereocenters. The first-order valence-corrected chi connectivity index (χ1v) is 4.91. The lowest BCUT2D eigenvalue weighted by atomic mass is 10.1. The molecule has 1 rings (SSSR count). The van der Waals surface area contributed by atoms with Crippen molar-refractivity contribution >= 4 is 27.7 Å². The lowest BCUT2D eigenvalue weighted by Gasteiger charge is -2.06. The van der Waals surface area contributed by atoms with Crippen molar-refractivity contribution in [2.75, 3.05) is 5.32 Å². The fourth-order valence-electron chi connectivity index (χ4n) is 1.06. The van der Waals surface area contributed by atoms with Gasteiger partial charge in [-0.1, -0.05) is 28.1 Å². The molecule has 0 spiro atoms. The van der Waals surface area contributed by atoms with Crippen LogP contribution in [0.4, 0.5) is 10.5 Å². The highest BCUT2D eigenvalue weighted by Crippen LogP contribution is 2.17. The number of halogens is 1. The lowest BCUT2D eigenvalue weighted by Crippen LogP contribution is -2.08. The molecular weight excluding hydrogens is 234 g/mol. The van der Waals surface area contributed by atoms with Gasteiger partial charge in [0.1, 0.15) is 0 Å². The summed E-state index contributed by atoms with van der Waals surface area (Å²) >= 11 is 3.33. The third-order valence-corrected chi connectivity index (χ3v) is 2.33. The van der Waals surface area contributed by atoms with Gasteiger partial charge in [-0.25, -0.2) is 4.79 Å². The number of nitrogens with one attached hydrogen (secondary N) is 1. The number of amides is 1. The van der Waals surface area contributed by atoms with Crippen LogP contribution in [0.3, 0.4) is 0 Å². The molecule has 0 aliphatic rings. The molecule has 0 fully saturated rings. The Hall–Kier alpha value is -1.03. The summed E-state index contributed by atoms with van der Waals surface area (Å²) in [6.45, 7) is 1.87. The van der Waals surface area contributed by atoms with Crippen molar-refractivity contribution in [2.45, 2.75) is 12.3 Å². The van der Waals surface area contributed by atoms with Crippen LogP contribution in [0.2, 0.25) is 0 Å². The smallest absolute Gasteiger partial charge is 0.409 e. The van der Waals surface area contributed by atoms with Gasteiger partial charge < -0.3 is 5.11 Å². The molecule has 0 saturated carbocycles. The number of hydrogen-bond donors (Lipinski definition) is 2. The molecule has 0 radical (unpaired) electrons. The largest absolute Gasteiger partial charge is 0.465 e. The van der Waals surface area contributed by atoms with Crippen LogP contribution in [0.15, 0.2) is 18.2 Å². The second kappa shape index (κ2) is 4.28. The number of rotatable bonds is 2. The predicted octanol–water partition coefficient (Wildman–Crippen LogP) is 2.98. The minimum atomic E-state index is -1.03. The molecule has 1 aromatic carbocycles. The molecule has 13 heavy (non-hydrogen) atoms. The van der Waals surface area contributed by atoms with Gasteiger partial charge in [-0.15, -0.1) is 0 Å². The summed E-state index contributed by atoms with van der Waals surface area (Å²) in [5.74, 6) is 0. The van der Waals surface area contributed by atoms with E-state index < -0.39 is 6.09 Å². The van der Waals surface area contributed by atoms with E-state index in [0.717, 1.165) is 16.5 Å². The molecule has 0 atom stereocenters. The van der Waals surface area contributed by atoms with E-state index in [4.69, 9.17) is 5.11 Å². The third kappa shape index (κ3) is 2.73. The summed E-state index contributed by atoms with van der Waals surface area (Å²) < 4.78 is 0. The normalized spacial score (nSPS) is 9.69. The summed E-state index contributed by atoms with van der Waals surface area (Å²) in [6.07, 6.45) is -1.03. The number of anilines is 1. The van der Waals surface area contributed by atoms with E-state index in [1.165, 1.54) is 0 Å². The molecular formula is C9H10BrNO2. The van der Waals surface area contributed by atoms with Crippen molar-refractivity contribution in [3.8, 4) is 0 Å². The van der Waals surface area contributed by atoms with Gasteiger partial charge in [0.2, 0.25) is 0 Å². The van der Waals surface area contributed by atoms with Crippen molar-refractivity contribution < 1.29 is 9.90 Å². The van der Waals surface area contributed by atoms with Crippen molar-refractivity contribution in [1.82, 2.24) is 0 Å². The first kappa shape index (κ1) is 10.1. The fourth-order valence-corrected chi connectivity index (χ4v) is 1.41. The standard InChI is InChI=1S/C9H10BrNO2/c1-6-4-7(5-10)2-3-8(6)11-9(12)13/h2-4,11H,5H2,1H3,(H,12,13). The second-order valence-electron chi connectivity index (χ2n) is 2.71. The van der Waals surface area contributed by atoms with Crippen molar-refractivity contribution in [3.63, 3.8) is 0 Å². The maximum absolute atomic E-state index is 10.4. The molecule has 1 aromatic rings. The topological polar surface area (TPSA) is 49.3 Å². The maximum atomic E-state index is 10.4. The van der Waals surface area contributed by atoms with Crippen LogP contribution in [-0.2, 0) is 5.33 Å². The fraction of sp³-hybridized carbons (Fsp3) is 0.222. The maximum Gasteiger partial charge on any atom is 0.409 e. The zero-order chi connectivity index (χ0) is 9.84. The van der Waals surface area contributed by atoms with Gasteiger partial charge in [0.05, 0.1) is 0 Å². The lowest BCUT2D eigenvalue weighted by molar-refractivity contribution is 0.209. The molecule has 1 amide bonds. The Morgan fingerprint density at radius 3 is 2.77 bits per heavy atom. The predicted molar refractivity (Wildman–Crippen MR) is 55.5 cm³/mol. The van der Waals surface area contributed by atoms with Crippen molar-refractivity contribution in [1.29, 1.82) is 0 Å². The van der Waals surface area contributed by atoms with Crippen LogP contribution >= 0.6 is 15.9 Å². The van der Waals surface area contributed by atoms with E-state index in [2.05, 4.69) is 21.2 Å². The van der Waals surface area contributed by atoms with E-state index in [0.29, 0.717) is 5.69 Å². The minimum Gasteiger partial charge on any atom is -0.465 e. The van der Waals surface area contributed by atoms with Crippen molar-refractivity contribution in [2.24, 2.45) is 0 Å². The van der Waals surface area contributed by atoms with Crippen LogP contribution in [-0.4, -0.2) is 11.2 Å². The average molecular weight is 244 g/mol. The second-order valence-corrected chi connectivity index (χ2v) is 3.27. The number of hydrogen-bond acceptors (Lipinski definition) is 1. The Balaban J connectivity index is 2.91. The zero-order valence-electron chi connectivity index (χ0n) is 7.17. The molecule has 0 aliphatic heterocycles. The van der Waals surface area contributed by atoms with E-state index in [1.54, 1.807) is 6.07 Å². The Bertz CT molecular complexity index is 325. The molecule has 0 aromatic heterocycles. The number of carboxylic acid groups (broad SMARTS) is 1. The number of carbonyl (C=O) groups is 1. The average Bonchev–Trinajstić information content (AvgIpc) is 2.08. The van der Waals surface area contributed by atoms with Gasteiger partial charge in [-0.05, 0) is 24.1 Å². The quantitative estimate of drug-likeness (QED) is 0.785. The highest BCUT2D eigenvalue weighted by atomic mass is 79.9. The van der Waals surface area contributed by atoms with Gasteiger partial charge in [0.15, 0.2) is 0 Å². The third-order valence-electron chi connectivity index (χ3n) is 1.69. The van der Waals surface area contributed by atoms with Crippen LogP contribution in [0.1, 0.15) is 11.1 Å². The molecule has 2 N–H and O–H groups in total. The van der Waals surface area contributed by atoms with E-state index >= 15 is 0 Å². The molecule has 0 saturated heterocycles. The van der Waals surface area contributed by atoms with E-state index in [9.17, 15) is 4.79 Å². The molecule has 0 bridgehead atoms. The minimum absolute atomic E-state index is 0.636. The molecule has 70 valence electrons. The van der Waals surface area contributed by atoms with Crippen LogP contribution in [0.25, 0.3) is 0 Å². The summed E-state index contributed by atoms with van der Waals surface area (Å²) in [6, 6.07) is 5.59. The monoisotopic (exact) mass is 243 g/mol. The molecule has 3 nitrogen and oxygen atoms in total. The van der Waals surface area contributed by atoms with Gasteiger partial charge in [0, 0.05) is 11.0 Å². The van der Waals surface area contributed by atoms with Crippen LogP contribution < -0.4 is 5.32 Å². The molecule has 4 heteroatoms. The Labute approximate surface area is 84.9 Å². The van der Waals surface area contributed by atoms with Gasteiger partial charge >= 0.3 is 6.09 Å². The molecule has 0 heterocycles. The first-order valence-electron chi connectivity index (χ1n) is 3.79. The van der Waals surface area contributed by atoms with E-state index in [-0.39, 0.29) is 0 Å². The van der Waals surface area contributed by atoms with Gasteiger partial charge in [-0.2, -0.15) is 0 Å². The zero-order valence-corrected chi connectivity index (χ0v) is 8.76. The SMILES string of the molecule is Cc1cc(CBr)ccc1NC(=O)O. The number of aryl methyl sites for hydroxylation is 1. The van der Waals surface area contributed by atoms with Gasteiger partial charge in [0.25, 0.3) is 0 Å². The van der Waals surface area contributed by atoms with E-state index in [1.807, 2.05) is 19.1 Å². The highest BCUT2D eigenvalue weighted by molar-refractivity contribution is 9.08. The number of benzene rings is 1. The van der Waals surface area contributed by atoms with Crippen molar-refractivity contribution in [3.05, 3.63) is 29.3 Å². The summed E-state index contributed by atoms with van der Waals surface area (Å²) in [5.41, 5.74) is 2.70. The summed E-state index contributed by atoms with van der Waals surface area (Å²) in [5, 5.41) is 11.6. The molecule has 0 aliphatic carbocycles. The first-order chi connectivity index (χ1) is 6.13. The Kier molecular flexibility index (Phi) is 3.31. The van der Waals surface area contributed by atoms with Crippen LogP contribution in [0, 0.1) is 6.92 Å². The number of alkyl halides is 1. The van der Waals surface area contributed by atoms with Crippen LogP contribution in [0.5, 0.6) is 0 Å².